The molecule has 0 spiro atoms. The highest BCUT2D eigenvalue weighted by atomic mass is 35.5. The van der Waals surface area contributed by atoms with Crippen molar-refractivity contribution in [3.63, 3.8) is 0 Å². The van der Waals surface area contributed by atoms with Gasteiger partial charge in [0.25, 0.3) is 11.6 Å². The Labute approximate surface area is 155 Å². The summed E-state index contributed by atoms with van der Waals surface area (Å²) in [5.41, 5.74) is 1.64. The van der Waals surface area contributed by atoms with Gasteiger partial charge in [0.15, 0.2) is 4.87 Å². The van der Waals surface area contributed by atoms with Crippen molar-refractivity contribution in [3.8, 4) is 0 Å². The van der Waals surface area contributed by atoms with Crippen molar-refractivity contribution >= 4 is 28.9 Å². The quantitative estimate of drug-likeness (QED) is 0.403. The predicted molar refractivity (Wildman–Crippen MR) is 101 cm³/mol. The number of hydrogen-bond donors (Lipinski definition) is 1. The molecule has 0 aromatic heterocycles. The molecule has 0 aliphatic rings. The van der Waals surface area contributed by atoms with Crippen LogP contribution in [0.25, 0.3) is 0 Å². The number of carbonyl (C=O) groups is 1. The Hall–Kier alpha value is -3.18. The van der Waals surface area contributed by atoms with Gasteiger partial charge in [-0.2, -0.15) is 0 Å². The third-order valence-electron chi connectivity index (χ3n) is 3.99. The van der Waals surface area contributed by atoms with E-state index >= 15 is 0 Å². The number of hydrogen-bond acceptors (Lipinski definition) is 3. The van der Waals surface area contributed by atoms with Gasteiger partial charge < -0.3 is 5.32 Å². The number of benzene rings is 3. The van der Waals surface area contributed by atoms with Gasteiger partial charge in [0, 0.05) is 17.8 Å². The fourth-order valence-corrected chi connectivity index (χ4v) is 2.95. The summed E-state index contributed by atoms with van der Waals surface area (Å²) in [6.07, 6.45) is 0. The van der Waals surface area contributed by atoms with E-state index in [-0.39, 0.29) is 5.69 Å². The summed E-state index contributed by atoms with van der Waals surface area (Å²) in [7, 11) is 0. The van der Waals surface area contributed by atoms with E-state index < -0.39 is 15.7 Å². The first kappa shape index (κ1) is 17.6. The molecule has 6 heteroatoms. The largest absolute Gasteiger partial charge is 0.324 e. The maximum absolute atomic E-state index is 13.1. The van der Waals surface area contributed by atoms with Crippen LogP contribution < -0.4 is 5.32 Å². The molecule has 1 N–H and O–H groups in total. The minimum Gasteiger partial charge on any atom is -0.324 e. The van der Waals surface area contributed by atoms with Gasteiger partial charge in [0.2, 0.25) is 0 Å². The van der Waals surface area contributed by atoms with E-state index in [0.717, 1.165) is 0 Å². The van der Waals surface area contributed by atoms with Crippen LogP contribution in [0, 0.1) is 10.1 Å². The number of rotatable bonds is 5. The maximum Gasteiger partial charge on any atom is 0.269 e. The number of nitrogens with zero attached hydrogens (tertiary/aromatic N) is 1. The number of alkyl halides is 1. The molecule has 0 aliphatic heterocycles. The lowest BCUT2D eigenvalue weighted by atomic mass is 9.89. The Morgan fingerprint density at radius 2 is 1.31 bits per heavy atom. The highest BCUT2D eigenvalue weighted by Crippen LogP contribution is 2.38. The highest BCUT2D eigenvalue weighted by molar-refractivity contribution is 6.38. The summed E-state index contributed by atoms with van der Waals surface area (Å²) in [5.74, 6) is -0.439. The average molecular weight is 367 g/mol. The lowest BCUT2D eigenvalue weighted by Gasteiger charge is -2.27. The molecule has 1 amide bonds. The zero-order chi connectivity index (χ0) is 18.6. The number of nitro groups is 1. The Bertz CT molecular complexity index is 873. The second-order valence-corrected chi connectivity index (χ2v) is 6.22. The monoisotopic (exact) mass is 366 g/mol. The molecule has 3 aromatic rings. The van der Waals surface area contributed by atoms with Crippen LogP contribution >= 0.6 is 11.6 Å². The molecule has 0 radical (unpaired) electrons. The molecule has 3 aromatic carbocycles. The highest BCUT2D eigenvalue weighted by Gasteiger charge is 2.40. The van der Waals surface area contributed by atoms with Crippen molar-refractivity contribution < 1.29 is 9.72 Å². The molecule has 0 unspecified atom stereocenters. The summed E-state index contributed by atoms with van der Waals surface area (Å²) < 4.78 is 0. The summed E-state index contributed by atoms with van der Waals surface area (Å²) in [6.45, 7) is 0. The van der Waals surface area contributed by atoms with Crippen molar-refractivity contribution in [2.45, 2.75) is 4.87 Å². The number of non-ortho nitro benzene ring substituents is 1. The minimum atomic E-state index is -1.43. The molecule has 0 bridgehead atoms. The van der Waals surface area contributed by atoms with Gasteiger partial charge in [-0.1, -0.05) is 72.3 Å². The SMILES string of the molecule is O=C(Nc1ccc([N+](=O)[O-])cc1)C(Cl)(c1ccccc1)c1ccccc1. The van der Waals surface area contributed by atoms with E-state index in [0.29, 0.717) is 16.8 Å². The van der Waals surface area contributed by atoms with Crippen LogP contribution in [0.3, 0.4) is 0 Å². The topological polar surface area (TPSA) is 72.2 Å². The minimum absolute atomic E-state index is 0.0498. The van der Waals surface area contributed by atoms with Crippen LogP contribution in [0.2, 0.25) is 0 Å². The number of halogens is 1. The first-order valence-electron chi connectivity index (χ1n) is 7.87. The fraction of sp³-hybridized carbons (Fsp3) is 0.0500. The van der Waals surface area contributed by atoms with Crippen molar-refractivity contribution in [2.24, 2.45) is 0 Å². The van der Waals surface area contributed by atoms with Gasteiger partial charge >= 0.3 is 0 Å². The number of nitro benzene ring substituents is 1. The average Bonchev–Trinajstić information content (AvgIpc) is 2.69. The van der Waals surface area contributed by atoms with E-state index in [1.807, 2.05) is 36.4 Å². The second-order valence-electron chi connectivity index (χ2n) is 5.65. The van der Waals surface area contributed by atoms with E-state index in [4.69, 9.17) is 11.6 Å². The molecule has 0 saturated carbocycles. The molecular weight excluding hydrogens is 352 g/mol. The van der Waals surface area contributed by atoms with Gasteiger partial charge in [0.1, 0.15) is 0 Å². The molecule has 26 heavy (non-hydrogen) atoms. The van der Waals surface area contributed by atoms with Gasteiger partial charge in [-0.25, -0.2) is 0 Å². The number of carbonyl (C=O) groups excluding carboxylic acids is 1. The molecular formula is C20H15ClN2O3. The van der Waals surface area contributed by atoms with Gasteiger partial charge in [-0.05, 0) is 23.3 Å². The van der Waals surface area contributed by atoms with E-state index in [1.165, 1.54) is 24.3 Å². The fourth-order valence-electron chi connectivity index (χ4n) is 2.65. The maximum atomic E-state index is 13.1. The molecule has 0 atom stereocenters. The molecule has 0 aliphatic carbocycles. The number of anilines is 1. The van der Waals surface area contributed by atoms with Gasteiger partial charge in [-0.15, -0.1) is 0 Å². The van der Waals surface area contributed by atoms with Crippen molar-refractivity contribution in [2.75, 3.05) is 5.32 Å². The standard InChI is InChI=1S/C20H15ClN2O3/c21-20(15-7-3-1-4-8-15,16-9-5-2-6-10-16)19(24)22-17-11-13-18(14-12-17)23(25)26/h1-14H,(H,22,24). The molecule has 0 heterocycles. The second kappa shape index (κ2) is 7.37. The first-order valence-corrected chi connectivity index (χ1v) is 8.25. The zero-order valence-corrected chi connectivity index (χ0v) is 14.4. The van der Waals surface area contributed by atoms with Crippen molar-refractivity contribution in [3.05, 3.63) is 106 Å². The first-order chi connectivity index (χ1) is 12.5. The molecule has 0 fully saturated rings. The van der Waals surface area contributed by atoms with Crippen LogP contribution in [0.4, 0.5) is 11.4 Å². The van der Waals surface area contributed by atoms with Crippen LogP contribution in [0.15, 0.2) is 84.9 Å². The normalized spacial score (nSPS) is 11.0. The molecule has 130 valence electrons. The molecule has 5 nitrogen and oxygen atoms in total. The molecule has 0 saturated heterocycles. The van der Waals surface area contributed by atoms with E-state index in [9.17, 15) is 14.9 Å². The summed E-state index contributed by atoms with van der Waals surface area (Å²) in [4.78, 5) is 21.9. The predicted octanol–water partition coefficient (Wildman–Crippen LogP) is 4.72. The van der Waals surface area contributed by atoms with Crippen LogP contribution in [-0.4, -0.2) is 10.8 Å². The Morgan fingerprint density at radius 3 is 1.73 bits per heavy atom. The van der Waals surface area contributed by atoms with E-state index in [2.05, 4.69) is 5.32 Å². The van der Waals surface area contributed by atoms with Crippen LogP contribution in [0.1, 0.15) is 11.1 Å². The smallest absolute Gasteiger partial charge is 0.269 e. The molecule has 3 rings (SSSR count). The summed E-state index contributed by atoms with van der Waals surface area (Å²) in [5, 5.41) is 13.5. The van der Waals surface area contributed by atoms with E-state index in [1.54, 1.807) is 24.3 Å². The number of amides is 1. The summed E-state index contributed by atoms with van der Waals surface area (Å²) >= 11 is 6.85. The van der Waals surface area contributed by atoms with Crippen LogP contribution in [0.5, 0.6) is 0 Å². The number of nitrogens with one attached hydrogen (secondary N) is 1. The third kappa shape index (κ3) is 3.43. The van der Waals surface area contributed by atoms with Gasteiger partial charge in [-0.3, -0.25) is 14.9 Å². The summed E-state index contributed by atoms with van der Waals surface area (Å²) in [6, 6.07) is 23.7. The third-order valence-corrected chi connectivity index (χ3v) is 4.60. The van der Waals surface area contributed by atoms with Crippen LogP contribution in [-0.2, 0) is 9.67 Å². The Balaban J connectivity index is 1.97. The lowest BCUT2D eigenvalue weighted by Crippen LogP contribution is -2.36. The Kier molecular flexibility index (Phi) is 5.00. The van der Waals surface area contributed by atoms with Crippen molar-refractivity contribution in [1.82, 2.24) is 0 Å². The lowest BCUT2D eigenvalue weighted by molar-refractivity contribution is -0.384. The zero-order valence-electron chi connectivity index (χ0n) is 13.6. The van der Waals surface area contributed by atoms with Crippen molar-refractivity contribution in [1.29, 1.82) is 0 Å². The van der Waals surface area contributed by atoms with Gasteiger partial charge in [0.05, 0.1) is 4.92 Å². The Morgan fingerprint density at radius 1 is 0.846 bits per heavy atom.